The summed E-state index contributed by atoms with van der Waals surface area (Å²) in [7, 11) is 1.69. The third-order valence-electron chi connectivity index (χ3n) is 5.90. The van der Waals surface area contributed by atoms with Crippen LogP contribution < -0.4 is 5.32 Å². The first-order valence-corrected chi connectivity index (χ1v) is 9.67. The SMILES string of the molecule is CO[C@@H]1[C@H](OC(=O)NC(C)C)CC[C@]2(CO2)[C@H]1[C@@]1(C)O[C@@H]1CC=C(C)C. The van der Waals surface area contributed by atoms with E-state index in [9.17, 15) is 4.79 Å². The van der Waals surface area contributed by atoms with Crippen LogP contribution in [-0.2, 0) is 18.9 Å². The molecule has 3 fully saturated rings. The van der Waals surface area contributed by atoms with Gasteiger partial charge in [0.1, 0.15) is 23.4 Å². The summed E-state index contributed by atoms with van der Waals surface area (Å²) >= 11 is 0. The minimum Gasteiger partial charge on any atom is -0.443 e. The van der Waals surface area contributed by atoms with Crippen LogP contribution in [0.3, 0.4) is 0 Å². The van der Waals surface area contributed by atoms with E-state index in [-0.39, 0.29) is 47.6 Å². The molecule has 0 aromatic rings. The van der Waals surface area contributed by atoms with Crippen molar-refractivity contribution in [1.82, 2.24) is 5.32 Å². The number of alkyl carbamates (subject to hydrolysis) is 1. The zero-order chi connectivity index (χ0) is 19.1. The minimum atomic E-state index is -0.388. The largest absolute Gasteiger partial charge is 0.443 e. The van der Waals surface area contributed by atoms with Gasteiger partial charge in [-0.15, -0.1) is 0 Å². The maximum atomic E-state index is 12.1. The Morgan fingerprint density at radius 2 is 2.08 bits per heavy atom. The molecule has 148 valence electrons. The van der Waals surface area contributed by atoms with Crippen LogP contribution in [0.1, 0.15) is 53.9 Å². The second-order valence-corrected chi connectivity index (χ2v) is 8.62. The van der Waals surface area contributed by atoms with Gasteiger partial charge < -0.3 is 24.3 Å². The van der Waals surface area contributed by atoms with Crippen molar-refractivity contribution in [2.24, 2.45) is 5.92 Å². The Morgan fingerprint density at radius 3 is 2.62 bits per heavy atom. The fourth-order valence-electron chi connectivity index (χ4n) is 4.48. The number of ether oxygens (including phenoxy) is 4. The topological polar surface area (TPSA) is 72.6 Å². The third-order valence-corrected chi connectivity index (χ3v) is 5.90. The van der Waals surface area contributed by atoms with Crippen molar-refractivity contribution in [3.8, 4) is 0 Å². The molecule has 2 saturated heterocycles. The van der Waals surface area contributed by atoms with Crippen LogP contribution >= 0.6 is 0 Å². The van der Waals surface area contributed by atoms with Crippen LogP contribution in [0, 0.1) is 5.92 Å². The standard InChI is InChI=1S/C20H33NO5/c1-12(2)7-8-15-19(5,26-15)17-16(23-6)14(9-10-20(17)11-24-20)25-18(22)21-13(3)4/h7,13-17H,8-11H2,1-6H3,(H,21,22)/t14-,15-,16-,17-,19+,20+/m1/s1. The molecule has 1 aliphatic carbocycles. The molecule has 1 amide bonds. The van der Waals surface area contributed by atoms with E-state index < -0.39 is 0 Å². The molecule has 2 heterocycles. The fraction of sp³-hybridized carbons (Fsp3) is 0.850. The summed E-state index contributed by atoms with van der Waals surface area (Å²) in [6.45, 7) is 10.9. The number of carbonyl (C=O) groups excluding carboxylic acids is 1. The molecule has 0 aromatic carbocycles. The molecule has 0 bridgehead atoms. The van der Waals surface area contributed by atoms with E-state index in [0.717, 1.165) is 25.9 Å². The van der Waals surface area contributed by atoms with E-state index in [1.807, 2.05) is 13.8 Å². The quantitative estimate of drug-likeness (QED) is 0.576. The number of carbonyl (C=O) groups is 1. The predicted octanol–water partition coefficient (Wildman–Crippen LogP) is 3.20. The highest BCUT2D eigenvalue weighted by atomic mass is 16.6. The molecule has 3 rings (SSSR count). The van der Waals surface area contributed by atoms with Crippen LogP contribution in [0.2, 0.25) is 0 Å². The summed E-state index contributed by atoms with van der Waals surface area (Å²) in [5, 5.41) is 2.79. The Labute approximate surface area is 156 Å². The number of nitrogens with one attached hydrogen (secondary N) is 1. The minimum absolute atomic E-state index is 0.0405. The van der Waals surface area contributed by atoms with E-state index in [2.05, 4.69) is 32.2 Å². The first-order chi connectivity index (χ1) is 12.2. The second-order valence-electron chi connectivity index (χ2n) is 8.62. The third kappa shape index (κ3) is 3.78. The molecular formula is C20H33NO5. The van der Waals surface area contributed by atoms with Crippen LogP contribution in [0.5, 0.6) is 0 Å². The number of amides is 1. The number of allylic oxidation sites excluding steroid dienone is 1. The lowest BCUT2D eigenvalue weighted by molar-refractivity contribution is -0.118. The van der Waals surface area contributed by atoms with E-state index in [1.54, 1.807) is 7.11 Å². The maximum Gasteiger partial charge on any atom is 0.407 e. The van der Waals surface area contributed by atoms with E-state index in [0.29, 0.717) is 0 Å². The number of epoxide rings is 2. The van der Waals surface area contributed by atoms with Crippen LogP contribution in [0.15, 0.2) is 11.6 Å². The number of methoxy groups -OCH3 is 1. The fourth-order valence-corrected chi connectivity index (χ4v) is 4.48. The summed E-state index contributed by atoms with van der Waals surface area (Å²) in [6.07, 6.45) is 3.97. The van der Waals surface area contributed by atoms with Gasteiger partial charge in [-0.1, -0.05) is 11.6 Å². The van der Waals surface area contributed by atoms with Crippen molar-refractivity contribution in [3.05, 3.63) is 11.6 Å². The Balaban J connectivity index is 1.74. The smallest absolute Gasteiger partial charge is 0.407 e. The first-order valence-electron chi connectivity index (χ1n) is 9.67. The normalized spacial score (nSPS) is 41.0. The van der Waals surface area contributed by atoms with Gasteiger partial charge >= 0.3 is 6.09 Å². The first kappa shape index (κ1) is 19.6. The molecule has 0 unspecified atom stereocenters. The highest BCUT2D eigenvalue weighted by Crippen LogP contribution is 2.59. The molecule has 0 radical (unpaired) electrons. The van der Waals surface area contributed by atoms with Crippen LogP contribution in [0.4, 0.5) is 4.79 Å². The number of hydrogen-bond acceptors (Lipinski definition) is 5. The van der Waals surface area contributed by atoms with E-state index in [1.165, 1.54) is 5.57 Å². The molecule has 6 atom stereocenters. The van der Waals surface area contributed by atoms with E-state index >= 15 is 0 Å². The molecule has 1 spiro atoms. The molecule has 0 aromatic heterocycles. The predicted molar refractivity (Wildman–Crippen MR) is 98.1 cm³/mol. The molecule has 2 aliphatic heterocycles. The van der Waals surface area contributed by atoms with E-state index in [4.69, 9.17) is 18.9 Å². The Bertz CT molecular complexity index is 567. The van der Waals surface area contributed by atoms with Gasteiger partial charge in [-0.25, -0.2) is 4.79 Å². The number of hydrogen-bond donors (Lipinski definition) is 1. The zero-order valence-corrected chi connectivity index (χ0v) is 16.8. The van der Waals surface area contributed by atoms with Gasteiger partial charge in [0.15, 0.2) is 0 Å². The van der Waals surface area contributed by atoms with Gasteiger partial charge in [0.25, 0.3) is 0 Å². The lowest BCUT2D eigenvalue weighted by Crippen LogP contribution is -2.56. The molecule has 3 aliphatic rings. The lowest BCUT2D eigenvalue weighted by Gasteiger charge is -2.42. The van der Waals surface area contributed by atoms with Crippen molar-refractivity contribution in [2.45, 2.75) is 89.4 Å². The zero-order valence-electron chi connectivity index (χ0n) is 16.8. The molecule has 26 heavy (non-hydrogen) atoms. The van der Waals surface area contributed by atoms with Gasteiger partial charge in [0, 0.05) is 13.2 Å². The molecule has 6 nitrogen and oxygen atoms in total. The van der Waals surface area contributed by atoms with Crippen molar-refractivity contribution < 1.29 is 23.7 Å². The summed E-state index contributed by atoms with van der Waals surface area (Å²) in [4.78, 5) is 12.1. The number of rotatable bonds is 6. The Morgan fingerprint density at radius 1 is 1.38 bits per heavy atom. The summed E-state index contributed by atoms with van der Waals surface area (Å²) in [6, 6.07) is 0.0405. The maximum absolute atomic E-state index is 12.1. The van der Waals surface area contributed by atoms with Gasteiger partial charge in [0.2, 0.25) is 0 Å². The van der Waals surface area contributed by atoms with Gasteiger partial charge in [-0.3, -0.25) is 0 Å². The molecule has 1 saturated carbocycles. The van der Waals surface area contributed by atoms with Gasteiger partial charge in [-0.2, -0.15) is 0 Å². The average Bonchev–Trinajstić information content (AvgIpc) is 3.44. The van der Waals surface area contributed by atoms with Gasteiger partial charge in [0.05, 0.1) is 18.6 Å². The Kier molecular flexibility index (Phi) is 5.39. The second kappa shape index (κ2) is 7.13. The average molecular weight is 367 g/mol. The summed E-state index contributed by atoms with van der Waals surface area (Å²) in [5.74, 6) is 0.0566. The van der Waals surface area contributed by atoms with Crippen molar-refractivity contribution in [3.63, 3.8) is 0 Å². The summed E-state index contributed by atoms with van der Waals surface area (Å²) in [5.41, 5.74) is 0.794. The Hall–Kier alpha value is -1.11. The van der Waals surface area contributed by atoms with Crippen molar-refractivity contribution in [2.75, 3.05) is 13.7 Å². The molecular weight excluding hydrogens is 334 g/mol. The van der Waals surface area contributed by atoms with Crippen molar-refractivity contribution in [1.29, 1.82) is 0 Å². The monoisotopic (exact) mass is 367 g/mol. The molecule has 1 N–H and O–H groups in total. The van der Waals surface area contributed by atoms with Crippen LogP contribution in [-0.4, -0.2) is 55.4 Å². The highest BCUT2D eigenvalue weighted by Gasteiger charge is 2.72. The van der Waals surface area contributed by atoms with Crippen LogP contribution in [0.25, 0.3) is 0 Å². The van der Waals surface area contributed by atoms with Gasteiger partial charge in [-0.05, 0) is 53.9 Å². The highest BCUT2D eigenvalue weighted by molar-refractivity contribution is 5.67. The lowest BCUT2D eigenvalue weighted by atomic mass is 9.68. The van der Waals surface area contributed by atoms with Crippen molar-refractivity contribution >= 4 is 6.09 Å². The summed E-state index contributed by atoms with van der Waals surface area (Å²) < 4.78 is 23.6. The molecule has 6 heteroatoms.